The van der Waals surface area contributed by atoms with Crippen LogP contribution in [0.15, 0.2) is 36.7 Å². The van der Waals surface area contributed by atoms with Gasteiger partial charge in [0.1, 0.15) is 17.5 Å². The van der Waals surface area contributed by atoms with Gasteiger partial charge in [0, 0.05) is 35.8 Å². The Hall–Kier alpha value is -3.44. The van der Waals surface area contributed by atoms with Gasteiger partial charge in [-0.2, -0.15) is 10.4 Å². The molecule has 3 aliphatic rings. The van der Waals surface area contributed by atoms with Crippen LogP contribution in [0.4, 0.5) is 5.82 Å². The zero-order valence-electron chi connectivity index (χ0n) is 18.3. The van der Waals surface area contributed by atoms with Gasteiger partial charge in [0.05, 0.1) is 18.3 Å². The number of pyridine rings is 2. The predicted octanol–water partition coefficient (Wildman–Crippen LogP) is 3.53. The third kappa shape index (κ3) is 4.16. The largest absolute Gasteiger partial charge is 0.491 e. The van der Waals surface area contributed by atoms with E-state index in [9.17, 15) is 10.1 Å². The van der Waals surface area contributed by atoms with Gasteiger partial charge in [-0.1, -0.05) is 0 Å². The van der Waals surface area contributed by atoms with E-state index in [0.717, 1.165) is 42.3 Å². The van der Waals surface area contributed by atoms with Gasteiger partial charge in [-0.15, -0.1) is 0 Å². The molecule has 1 aliphatic carbocycles. The monoisotopic (exact) mass is 442 g/mol. The number of carbonyl (C=O) groups excluding carboxylic acids is 1. The van der Waals surface area contributed by atoms with E-state index in [1.54, 1.807) is 16.8 Å². The van der Waals surface area contributed by atoms with Crippen LogP contribution in [0.5, 0.6) is 5.75 Å². The summed E-state index contributed by atoms with van der Waals surface area (Å²) in [5.41, 5.74) is 2.96. The van der Waals surface area contributed by atoms with E-state index in [-0.39, 0.29) is 11.8 Å². The summed E-state index contributed by atoms with van der Waals surface area (Å²) in [6.07, 6.45) is 10.2. The van der Waals surface area contributed by atoms with E-state index < -0.39 is 0 Å². The Bertz CT molecular complexity index is 1250. The molecule has 0 spiro atoms. The molecule has 168 valence electrons. The summed E-state index contributed by atoms with van der Waals surface area (Å²) < 4.78 is 8.02. The number of carbonyl (C=O) groups is 1. The van der Waals surface area contributed by atoms with Crippen LogP contribution in [0.2, 0.25) is 0 Å². The first-order valence-electron chi connectivity index (χ1n) is 11.7. The minimum absolute atomic E-state index is 0.0356. The average molecular weight is 443 g/mol. The van der Waals surface area contributed by atoms with Crippen LogP contribution >= 0.6 is 0 Å². The molecule has 1 amide bonds. The number of hydrogen-bond acceptors (Lipinski definition) is 6. The Kier molecular flexibility index (Phi) is 4.99. The minimum atomic E-state index is 0.0356. The lowest BCUT2D eigenvalue weighted by molar-refractivity contribution is -0.117. The van der Waals surface area contributed by atoms with Crippen molar-refractivity contribution in [3.63, 3.8) is 0 Å². The van der Waals surface area contributed by atoms with Crippen molar-refractivity contribution >= 4 is 17.2 Å². The fraction of sp³-hybridized carbons (Fsp3) is 0.440. The van der Waals surface area contributed by atoms with Gasteiger partial charge in [0.2, 0.25) is 5.91 Å². The van der Waals surface area contributed by atoms with Crippen LogP contribution in [0.3, 0.4) is 0 Å². The number of ether oxygens (including phenoxy) is 1. The van der Waals surface area contributed by atoms with Crippen LogP contribution in [0.25, 0.3) is 16.6 Å². The molecule has 33 heavy (non-hydrogen) atoms. The van der Waals surface area contributed by atoms with E-state index in [4.69, 9.17) is 4.74 Å². The van der Waals surface area contributed by atoms with Gasteiger partial charge in [0.25, 0.3) is 0 Å². The highest BCUT2D eigenvalue weighted by molar-refractivity contribution is 5.93. The van der Waals surface area contributed by atoms with Crippen LogP contribution in [-0.4, -0.2) is 39.2 Å². The number of nitrogens with zero attached hydrogens (tertiary/aromatic N) is 4. The maximum Gasteiger partial charge on any atom is 0.228 e. The van der Waals surface area contributed by atoms with E-state index in [1.807, 2.05) is 24.4 Å². The highest BCUT2D eigenvalue weighted by Gasteiger charge is 2.34. The number of aromatic nitrogens is 3. The molecule has 2 bridgehead atoms. The minimum Gasteiger partial charge on any atom is -0.491 e. The lowest BCUT2D eigenvalue weighted by Crippen LogP contribution is -2.39. The Balaban J connectivity index is 1.25. The highest BCUT2D eigenvalue weighted by atomic mass is 16.5. The Morgan fingerprint density at radius 3 is 2.79 bits per heavy atom. The molecular formula is C25H26N6O2. The summed E-state index contributed by atoms with van der Waals surface area (Å²) in [6, 6.07) is 10.9. The fourth-order valence-electron chi connectivity index (χ4n) is 5.16. The number of nitriles is 1. The van der Waals surface area contributed by atoms with Crippen molar-refractivity contribution in [1.82, 2.24) is 19.9 Å². The summed E-state index contributed by atoms with van der Waals surface area (Å²) in [4.78, 5) is 16.3. The summed E-state index contributed by atoms with van der Waals surface area (Å²) in [5.74, 6) is 1.93. The van der Waals surface area contributed by atoms with Crippen LogP contribution in [0.1, 0.15) is 44.2 Å². The number of rotatable bonds is 6. The molecule has 6 rings (SSSR count). The molecule has 1 unspecified atom stereocenters. The van der Waals surface area contributed by atoms with E-state index in [2.05, 4.69) is 26.8 Å². The predicted molar refractivity (Wildman–Crippen MR) is 123 cm³/mol. The van der Waals surface area contributed by atoms with Crippen LogP contribution < -0.4 is 15.4 Å². The smallest absolute Gasteiger partial charge is 0.228 e. The number of piperidine rings is 1. The van der Waals surface area contributed by atoms with Crippen molar-refractivity contribution in [2.24, 2.45) is 11.8 Å². The molecule has 5 heterocycles. The molecule has 8 heteroatoms. The summed E-state index contributed by atoms with van der Waals surface area (Å²) in [6.45, 7) is 0.654. The first-order chi connectivity index (χ1) is 16.1. The van der Waals surface area contributed by atoms with Gasteiger partial charge < -0.3 is 15.4 Å². The van der Waals surface area contributed by atoms with Crippen molar-refractivity contribution in [1.29, 1.82) is 5.26 Å². The fourth-order valence-corrected chi connectivity index (χ4v) is 5.16. The van der Waals surface area contributed by atoms with E-state index >= 15 is 0 Å². The molecule has 3 aromatic rings. The van der Waals surface area contributed by atoms with Crippen molar-refractivity contribution < 1.29 is 9.53 Å². The number of fused-ring (bicyclic) bond motifs is 3. The van der Waals surface area contributed by atoms with Crippen molar-refractivity contribution in [3.8, 4) is 22.9 Å². The molecule has 3 fully saturated rings. The zero-order valence-corrected chi connectivity index (χ0v) is 18.3. The maximum atomic E-state index is 12.1. The quantitative estimate of drug-likeness (QED) is 0.605. The van der Waals surface area contributed by atoms with Gasteiger partial charge in [-0.05, 0) is 68.2 Å². The third-order valence-electron chi connectivity index (χ3n) is 7.00. The third-order valence-corrected chi connectivity index (χ3v) is 7.00. The second-order valence-corrected chi connectivity index (χ2v) is 9.54. The van der Waals surface area contributed by atoms with Gasteiger partial charge in [-0.3, -0.25) is 4.79 Å². The van der Waals surface area contributed by atoms with Gasteiger partial charge >= 0.3 is 0 Å². The SMILES string of the molecule is N#Cc1cc(-c2ccn3nc(NC(=O)C4CC4)cc3c2)c(OCC2C[C@H]3CC[C@@H](C2)N3)cn1. The lowest BCUT2D eigenvalue weighted by atomic mass is 9.93. The van der Waals surface area contributed by atoms with Crippen molar-refractivity contribution in [2.45, 2.75) is 50.6 Å². The molecule has 2 saturated heterocycles. The van der Waals surface area contributed by atoms with E-state index in [1.165, 1.54) is 12.8 Å². The Morgan fingerprint density at radius 2 is 2.03 bits per heavy atom. The number of amides is 1. The molecule has 2 aliphatic heterocycles. The summed E-state index contributed by atoms with van der Waals surface area (Å²) >= 11 is 0. The second kappa shape index (κ2) is 8.16. The van der Waals surface area contributed by atoms with Crippen molar-refractivity contribution in [3.05, 3.63) is 42.4 Å². The normalized spacial score (nSPS) is 23.9. The van der Waals surface area contributed by atoms with Gasteiger partial charge in [0.15, 0.2) is 5.82 Å². The van der Waals surface area contributed by atoms with E-state index in [0.29, 0.717) is 41.9 Å². The standard InChI is InChI=1S/C25H26N6O2/c26-12-20-10-22(23(13-27-20)33-14-15-7-18-3-4-19(8-15)28-18)17-5-6-31-21(9-17)11-24(30-31)29-25(32)16-1-2-16/h5-6,9-11,13,15-16,18-19,28H,1-4,7-8,14H2,(H,29,30,32)/t15?,18-,19+. The Morgan fingerprint density at radius 1 is 1.21 bits per heavy atom. The topological polar surface area (TPSA) is 104 Å². The maximum absolute atomic E-state index is 12.1. The first-order valence-corrected chi connectivity index (χ1v) is 11.7. The molecule has 0 aromatic carbocycles. The molecule has 3 aromatic heterocycles. The Labute approximate surface area is 192 Å². The molecule has 0 radical (unpaired) electrons. The molecule has 8 nitrogen and oxygen atoms in total. The van der Waals surface area contributed by atoms with Gasteiger partial charge in [-0.25, -0.2) is 9.50 Å². The molecule has 3 atom stereocenters. The first kappa shape index (κ1) is 20.2. The summed E-state index contributed by atoms with van der Waals surface area (Å²) in [7, 11) is 0. The summed E-state index contributed by atoms with van der Waals surface area (Å²) in [5, 5.41) is 20.4. The second-order valence-electron chi connectivity index (χ2n) is 9.54. The zero-order chi connectivity index (χ0) is 22.4. The molecule has 1 saturated carbocycles. The molecular weight excluding hydrogens is 416 g/mol. The molecule has 2 N–H and O–H groups in total. The number of hydrogen-bond donors (Lipinski definition) is 2. The average Bonchev–Trinajstić information content (AvgIpc) is 3.53. The lowest BCUT2D eigenvalue weighted by Gasteiger charge is -2.29. The number of nitrogens with one attached hydrogen (secondary N) is 2. The van der Waals surface area contributed by atoms with Crippen LogP contribution in [-0.2, 0) is 4.79 Å². The highest BCUT2D eigenvalue weighted by Crippen LogP contribution is 2.35. The van der Waals surface area contributed by atoms with Crippen LogP contribution in [0, 0.1) is 23.2 Å². The van der Waals surface area contributed by atoms with Crippen molar-refractivity contribution in [2.75, 3.05) is 11.9 Å². The number of anilines is 1.